The molecule has 96 valence electrons. The fraction of sp³-hybridized carbons (Fsp3) is 0.438. The molecule has 2 rings (SSSR count). The second-order valence-electron chi connectivity index (χ2n) is 4.85. The molecule has 0 aliphatic heterocycles. The number of hydrogen-bond donors (Lipinski definition) is 1. The number of fused-ring (bicyclic) bond motifs is 1. The predicted octanol–water partition coefficient (Wildman–Crippen LogP) is 4.24. The van der Waals surface area contributed by atoms with E-state index >= 15 is 0 Å². The summed E-state index contributed by atoms with van der Waals surface area (Å²) in [6.07, 6.45) is 2.11. The van der Waals surface area contributed by atoms with Gasteiger partial charge in [0.25, 0.3) is 0 Å². The molecule has 0 aliphatic carbocycles. The molecule has 0 saturated heterocycles. The van der Waals surface area contributed by atoms with Crippen LogP contribution in [0.3, 0.4) is 0 Å². The van der Waals surface area contributed by atoms with Gasteiger partial charge in [0, 0.05) is 23.3 Å². The molecule has 0 bridgehead atoms. The Kier molecular flexibility index (Phi) is 3.85. The van der Waals surface area contributed by atoms with Gasteiger partial charge in [0.2, 0.25) is 0 Å². The van der Waals surface area contributed by atoms with Gasteiger partial charge in [-0.15, -0.1) is 0 Å². The Balaban J connectivity index is 2.64. The number of hydrogen-bond acceptors (Lipinski definition) is 2. The lowest BCUT2D eigenvalue weighted by Gasteiger charge is -2.13. The van der Waals surface area contributed by atoms with Crippen LogP contribution >= 0.6 is 0 Å². The molecule has 1 N–H and O–H groups in total. The van der Waals surface area contributed by atoms with Crippen LogP contribution in [0.25, 0.3) is 10.9 Å². The molecule has 0 amide bonds. The van der Waals surface area contributed by atoms with E-state index in [0.29, 0.717) is 0 Å². The van der Waals surface area contributed by atoms with Crippen molar-refractivity contribution in [3.63, 3.8) is 0 Å². The predicted molar refractivity (Wildman–Crippen MR) is 79.4 cm³/mol. The molecule has 18 heavy (non-hydrogen) atoms. The number of rotatable bonds is 4. The van der Waals surface area contributed by atoms with Gasteiger partial charge in [-0.2, -0.15) is 0 Å². The van der Waals surface area contributed by atoms with Crippen LogP contribution in [-0.2, 0) is 6.42 Å². The minimum atomic E-state index is 0.976. The molecule has 0 fully saturated rings. The lowest BCUT2D eigenvalue weighted by Crippen LogP contribution is -2.03. The van der Waals surface area contributed by atoms with Gasteiger partial charge in [-0.3, -0.25) is 4.98 Å². The largest absolute Gasteiger partial charge is 0.384 e. The quantitative estimate of drug-likeness (QED) is 0.867. The molecule has 2 heteroatoms. The third-order valence-corrected chi connectivity index (χ3v) is 3.49. The number of aromatic nitrogens is 1. The summed E-state index contributed by atoms with van der Waals surface area (Å²) in [5, 5.41) is 4.76. The highest BCUT2D eigenvalue weighted by Crippen LogP contribution is 2.27. The van der Waals surface area contributed by atoms with Crippen LogP contribution in [0.2, 0.25) is 0 Å². The van der Waals surface area contributed by atoms with E-state index in [1.165, 1.54) is 22.2 Å². The monoisotopic (exact) mass is 242 g/mol. The number of anilines is 1. The summed E-state index contributed by atoms with van der Waals surface area (Å²) in [5.41, 5.74) is 6.14. The van der Waals surface area contributed by atoms with Crippen LogP contribution in [0, 0.1) is 13.8 Å². The van der Waals surface area contributed by atoms with Crippen LogP contribution in [-0.4, -0.2) is 11.5 Å². The van der Waals surface area contributed by atoms with Crippen LogP contribution in [0.15, 0.2) is 18.2 Å². The van der Waals surface area contributed by atoms with Gasteiger partial charge in [-0.25, -0.2) is 0 Å². The van der Waals surface area contributed by atoms with Crippen molar-refractivity contribution in [2.45, 2.75) is 40.5 Å². The molecule has 0 unspecified atom stereocenters. The maximum absolute atomic E-state index is 4.78. The van der Waals surface area contributed by atoms with E-state index in [1.807, 2.05) is 0 Å². The molecular weight excluding hydrogens is 220 g/mol. The van der Waals surface area contributed by atoms with Gasteiger partial charge in [-0.05, 0) is 43.9 Å². The Hall–Kier alpha value is -1.57. The second-order valence-corrected chi connectivity index (χ2v) is 4.85. The SMILES string of the molecule is CCCNc1cc(CC)nc2c(C)c(C)ccc12. The van der Waals surface area contributed by atoms with Gasteiger partial charge in [0.15, 0.2) is 0 Å². The highest BCUT2D eigenvalue weighted by atomic mass is 14.9. The summed E-state index contributed by atoms with van der Waals surface area (Å²) >= 11 is 0. The summed E-state index contributed by atoms with van der Waals surface area (Å²) in [7, 11) is 0. The van der Waals surface area contributed by atoms with E-state index in [0.717, 1.165) is 30.6 Å². The van der Waals surface area contributed by atoms with Gasteiger partial charge in [-0.1, -0.05) is 26.0 Å². The Morgan fingerprint density at radius 1 is 1.17 bits per heavy atom. The minimum absolute atomic E-state index is 0.976. The Morgan fingerprint density at radius 3 is 2.61 bits per heavy atom. The highest BCUT2D eigenvalue weighted by Gasteiger charge is 2.08. The molecule has 2 nitrogen and oxygen atoms in total. The van der Waals surface area contributed by atoms with Gasteiger partial charge in [0.05, 0.1) is 5.52 Å². The van der Waals surface area contributed by atoms with E-state index in [9.17, 15) is 0 Å². The van der Waals surface area contributed by atoms with Crippen molar-refractivity contribution in [1.82, 2.24) is 4.98 Å². The Labute approximate surface area is 109 Å². The molecule has 0 spiro atoms. The Bertz CT molecular complexity index is 559. The summed E-state index contributed by atoms with van der Waals surface area (Å²) in [4.78, 5) is 4.78. The molecule has 0 radical (unpaired) electrons. The van der Waals surface area contributed by atoms with Crippen molar-refractivity contribution in [2.24, 2.45) is 0 Å². The van der Waals surface area contributed by atoms with Crippen molar-refractivity contribution < 1.29 is 0 Å². The number of pyridine rings is 1. The zero-order chi connectivity index (χ0) is 13.1. The summed E-state index contributed by atoms with van der Waals surface area (Å²) in [6, 6.07) is 6.55. The van der Waals surface area contributed by atoms with Gasteiger partial charge >= 0.3 is 0 Å². The molecule has 0 atom stereocenters. The molecule has 1 heterocycles. The second kappa shape index (κ2) is 5.38. The molecule has 2 aromatic rings. The van der Waals surface area contributed by atoms with Gasteiger partial charge < -0.3 is 5.32 Å². The van der Waals surface area contributed by atoms with Crippen LogP contribution < -0.4 is 5.32 Å². The van der Waals surface area contributed by atoms with Crippen molar-refractivity contribution in [3.05, 3.63) is 35.0 Å². The third kappa shape index (κ3) is 2.33. The first kappa shape index (κ1) is 12.9. The average molecular weight is 242 g/mol. The highest BCUT2D eigenvalue weighted by molar-refractivity contribution is 5.94. The van der Waals surface area contributed by atoms with E-state index in [4.69, 9.17) is 4.98 Å². The summed E-state index contributed by atoms with van der Waals surface area (Å²) in [6.45, 7) is 9.66. The van der Waals surface area contributed by atoms with Crippen molar-refractivity contribution in [3.8, 4) is 0 Å². The maximum atomic E-state index is 4.78. The fourth-order valence-electron chi connectivity index (χ4n) is 2.17. The number of nitrogens with zero attached hydrogens (tertiary/aromatic N) is 1. The first-order valence-electron chi connectivity index (χ1n) is 6.81. The zero-order valence-corrected chi connectivity index (χ0v) is 11.8. The van der Waals surface area contributed by atoms with Crippen molar-refractivity contribution in [2.75, 3.05) is 11.9 Å². The summed E-state index contributed by atoms with van der Waals surface area (Å²) < 4.78 is 0. The maximum Gasteiger partial charge on any atom is 0.0757 e. The van der Waals surface area contributed by atoms with E-state index in [-0.39, 0.29) is 0 Å². The molecule has 0 aliphatic rings. The molecule has 0 saturated carbocycles. The van der Waals surface area contributed by atoms with Crippen LogP contribution in [0.4, 0.5) is 5.69 Å². The topological polar surface area (TPSA) is 24.9 Å². The first-order chi connectivity index (χ1) is 8.67. The minimum Gasteiger partial charge on any atom is -0.384 e. The van der Waals surface area contributed by atoms with E-state index in [1.54, 1.807) is 0 Å². The summed E-state index contributed by atoms with van der Waals surface area (Å²) in [5.74, 6) is 0. The normalized spacial score (nSPS) is 10.9. The Morgan fingerprint density at radius 2 is 1.94 bits per heavy atom. The van der Waals surface area contributed by atoms with Crippen LogP contribution in [0.1, 0.15) is 37.1 Å². The van der Waals surface area contributed by atoms with Gasteiger partial charge in [0.1, 0.15) is 0 Å². The smallest absolute Gasteiger partial charge is 0.0757 e. The average Bonchev–Trinajstić information content (AvgIpc) is 2.40. The van der Waals surface area contributed by atoms with E-state index < -0.39 is 0 Å². The standard InChI is InChI=1S/C16H22N2/c1-5-9-17-15-10-13(6-2)18-16-12(4)11(3)7-8-14(15)16/h7-8,10H,5-6,9H2,1-4H3,(H,17,18). The lowest BCUT2D eigenvalue weighted by atomic mass is 10.0. The van der Waals surface area contributed by atoms with E-state index in [2.05, 4.69) is 51.2 Å². The van der Waals surface area contributed by atoms with Crippen molar-refractivity contribution >= 4 is 16.6 Å². The number of benzene rings is 1. The number of aryl methyl sites for hydroxylation is 3. The van der Waals surface area contributed by atoms with Crippen molar-refractivity contribution in [1.29, 1.82) is 0 Å². The third-order valence-electron chi connectivity index (χ3n) is 3.49. The molecule has 1 aromatic carbocycles. The fourth-order valence-corrected chi connectivity index (χ4v) is 2.17. The molecular formula is C16H22N2. The zero-order valence-electron chi connectivity index (χ0n) is 11.8. The first-order valence-corrected chi connectivity index (χ1v) is 6.81. The lowest BCUT2D eigenvalue weighted by molar-refractivity contribution is 0.977. The molecule has 1 aromatic heterocycles. The number of nitrogens with one attached hydrogen (secondary N) is 1. The van der Waals surface area contributed by atoms with Crippen LogP contribution in [0.5, 0.6) is 0 Å².